The van der Waals surface area contributed by atoms with Crippen LogP contribution in [0.2, 0.25) is 5.02 Å². The standard InChI is InChI=1S/C19H20ClNO4/c20-16-14(24-9-15(22)23)2-1-13-17(16)25-21-18(13)19-6-10-3-11(7-19)5-12(4-10)8-19/h1-2,10-12H,3-9H2,(H,22,23). The molecule has 4 aliphatic carbocycles. The quantitative estimate of drug-likeness (QED) is 0.873. The molecule has 0 atom stereocenters. The second-order valence-corrected chi connectivity index (χ2v) is 8.54. The molecule has 132 valence electrons. The average molecular weight is 362 g/mol. The fourth-order valence-corrected chi connectivity index (χ4v) is 6.24. The van der Waals surface area contributed by atoms with Crippen molar-refractivity contribution in [2.24, 2.45) is 17.8 Å². The van der Waals surface area contributed by atoms with Gasteiger partial charge in [0.05, 0.1) is 5.69 Å². The monoisotopic (exact) mass is 361 g/mol. The van der Waals surface area contributed by atoms with Crippen molar-refractivity contribution in [3.63, 3.8) is 0 Å². The van der Waals surface area contributed by atoms with E-state index in [1.165, 1.54) is 38.5 Å². The van der Waals surface area contributed by atoms with E-state index < -0.39 is 12.6 Å². The van der Waals surface area contributed by atoms with Gasteiger partial charge in [-0.05, 0) is 68.4 Å². The maximum atomic E-state index is 10.7. The third-order valence-electron chi connectivity index (χ3n) is 6.44. The van der Waals surface area contributed by atoms with Crippen LogP contribution in [0.1, 0.15) is 44.2 Å². The van der Waals surface area contributed by atoms with E-state index in [0.29, 0.717) is 16.4 Å². The van der Waals surface area contributed by atoms with Gasteiger partial charge in [0.15, 0.2) is 12.2 Å². The van der Waals surface area contributed by atoms with Crippen LogP contribution in [-0.2, 0) is 10.2 Å². The summed E-state index contributed by atoms with van der Waals surface area (Å²) in [5.74, 6) is 1.76. The lowest BCUT2D eigenvalue weighted by Crippen LogP contribution is -2.48. The Morgan fingerprint density at radius 2 is 1.88 bits per heavy atom. The number of aliphatic carboxylic acids is 1. The molecule has 0 spiro atoms. The highest BCUT2D eigenvalue weighted by atomic mass is 35.5. The summed E-state index contributed by atoms with van der Waals surface area (Å²) in [4.78, 5) is 10.7. The molecule has 5 nitrogen and oxygen atoms in total. The first-order valence-corrected chi connectivity index (χ1v) is 9.35. The highest BCUT2D eigenvalue weighted by Gasteiger charge is 2.53. The first-order chi connectivity index (χ1) is 12.0. The molecule has 0 saturated heterocycles. The molecule has 4 aliphatic rings. The van der Waals surface area contributed by atoms with Crippen molar-refractivity contribution in [2.75, 3.05) is 6.61 Å². The Hall–Kier alpha value is -1.75. The van der Waals surface area contributed by atoms with Crippen molar-refractivity contribution in [3.05, 3.63) is 22.8 Å². The fraction of sp³-hybridized carbons (Fsp3) is 0.579. The first kappa shape index (κ1) is 15.5. The number of carbonyl (C=O) groups is 1. The van der Waals surface area contributed by atoms with Gasteiger partial charge in [0.1, 0.15) is 10.8 Å². The minimum absolute atomic E-state index is 0.132. The fourth-order valence-electron chi connectivity index (χ4n) is 5.99. The van der Waals surface area contributed by atoms with Crippen LogP contribution in [0.15, 0.2) is 16.7 Å². The number of hydrogen-bond donors (Lipinski definition) is 1. The summed E-state index contributed by atoms with van der Waals surface area (Å²) in [6.45, 7) is -0.429. The van der Waals surface area contributed by atoms with E-state index in [4.69, 9.17) is 26.0 Å². The normalized spacial score (nSPS) is 33.1. The Bertz CT molecular complexity index is 823. The number of ether oxygens (including phenoxy) is 1. The molecule has 4 bridgehead atoms. The van der Waals surface area contributed by atoms with Gasteiger partial charge < -0.3 is 14.4 Å². The lowest BCUT2D eigenvalue weighted by molar-refractivity contribution is -0.139. The lowest BCUT2D eigenvalue weighted by Gasteiger charge is -2.56. The van der Waals surface area contributed by atoms with Crippen molar-refractivity contribution in [3.8, 4) is 5.75 Å². The predicted molar refractivity (Wildman–Crippen MR) is 92.0 cm³/mol. The van der Waals surface area contributed by atoms with Crippen LogP contribution in [0.4, 0.5) is 0 Å². The minimum Gasteiger partial charge on any atom is -0.480 e. The van der Waals surface area contributed by atoms with Crippen LogP contribution in [0.5, 0.6) is 5.75 Å². The number of aromatic nitrogens is 1. The number of nitrogens with zero attached hydrogens (tertiary/aromatic N) is 1. The van der Waals surface area contributed by atoms with Crippen molar-refractivity contribution >= 4 is 28.5 Å². The molecule has 0 unspecified atom stereocenters. The van der Waals surface area contributed by atoms with Crippen LogP contribution >= 0.6 is 11.6 Å². The van der Waals surface area contributed by atoms with Gasteiger partial charge >= 0.3 is 5.97 Å². The molecule has 4 saturated carbocycles. The molecular weight excluding hydrogens is 342 g/mol. The lowest BCUT2D eigenvalue weighted by atomic mass is 9.48. The molecule has 25 heavy (non-hydrogen) atoms. The average Bonchev–Trinajstić information content (AvgIpc) is 2.98. The first-order valence-electron chi connectivity index (χ1n) is 8.97. The smallest absolute Gasteiger partial charge is 0.341 e. The van der Waals surface area contributed by atoms with Crippen molar-refractivity contribution in [2.45, 2.75) is 43.9 Å². The van der Waals surface area contributed by atoms with Crippen LogP contribution in [0, 0.1) is 17.8 Å². The van der Waals surface area contributed by atoms with Crippen molar-refractivity contribution in [1.82, 2.24) is 5.16 Å². The molecule has 1 aromatic carbocycles. The van der Waals surface area contributed by atoms with Crippen molar-refractivity contribution < 1.29 is 19.2 Å². The molecular formula is C19H20ClNO4. The second-order valence-electron chi connectivity index (χ2n) is 8.17. The largest absolute Gasteiger partial charge is 0.480 e. The number of fused-ring (bicyclic) bond motifs is 1. The number of halogens is 1. The number of carboxylic acid groups (broad SMARTS) is 1. The molecule has 2 aromatic rings. The highest BCUT2D eigenvalue weighted by molar-refractivity contribution is 6.36. The Morgan fingerprint density at radius 1 is 1.24 bits per heavy atom. The van der Waals surface area contributed by atoms with E-state index in [1.54, 1.807) is 6.07 Å². The number of benzene rings is 1. The van der Waals surface area contributed by atoms with Gasteiger partial charge in [-0.2, -0.15) is 0 Å². The van der Waals surface area contributed by atoms with Crippen LogP contribution in [0.25, 0.3) is 11.0 Å². The molecule has 0 radical (unpaired) electrons. The molecule has 1 aromatic heterocycles. The summed E-state index contributed by atoms with van der Waals surface area (Å²) in [5.41, 5.74) is 1.69. The van der Waals surface area contributed by atoms with E-state index in [0.717, 1.165) is 28.8 Å². The van der Waals surface area contributed by atoms with Gasteiger partial charge in [-0.3, -0.25) is 0 Å². The van der Waals surface area contributed by atoms with E-state index >= 15 is 0 Å². The Balaban J connectivity index is 1.55. The zero-order valence-electron chi connectivity index (χ0n) is 13.8. The van der Waals surface area contributed by atoms with Crippen LogP contribution in [-0.4, -0.2) is 22.8 Å². The van der Waals surface area contributed by atoms with E-state index in [2.05, 4.69) is 5.16 Å². The molecule has 0 aliphatic heterocycles. The summed E-state index contributed by atoms with van der Waals surface area (Å²) in [5, 5.41) is 14.5. The molecule has 6 heteroatoms. The third-order valence-corrected chi connectivity index (χ3v) is 6.79. The maximum Gasteiger partial charge on any atom is 0.341 e. The Kier molecular flexibility index (Phi) is 3.33. The van der Waals surface area contributed by atoms with Crippen LogP contribution in [0.3, 0.4) is 0 Å². The van der Waals surface area contributed by atoms with Gasteiger partial charge in [0, 0.05) is 10.8 Å². The number of carboxylic acids is 1. The van der Waals surface area contributed by atoms with Crippen molar-refractivity contribution in [1.29, 1.82) is 0 Å². The zero-order valence-corrected chi connectivity index (χ0v) is 14.6. The zero-order chi connectivity index (χ0) is 17.2. The molecule has 1 N–H and O–H groups in total. The Labute approximate surface area is 150 Å². The molecule has 0 amide bonds. The second kappa shape index (κ2) is 5.37. The highest BCUT2D eigenvalue weighted by Crippen LogP contribution is 2.61. The third kappa shape index (κ3) is 2.35. The number of hydrogen-bond acceptors (Lipinski definition) is 4. The SMILES string of the molecule is O=C(O)COc1ccc2c(C34CC5CC(CC(C5)C3)C4)noc2c1Cl. The van der Waals surface area contributed by atoms with Gasteiger partial charge in [0.2, 0.25) is 0 Å². The molecule has 4 fully saturated rings. The summed E-state index contributed by atoms with van der Waals surface area (Å²) < 4.78 is 10.9. The van der Waals surface area contributed by atoms with Gasteiger partial charge in [-0.15, -0.1) is 0 Å². The van der Waals surface area contributed by atoms with E-state index in [1.807, 2.05) is 6.07 Å². The topological polar surface area (TPSA) is 72.6 Å². The Morgan fingerprint density at radius 3 is 2.48 bits per heavy atom. The summed E-state index contributed by atoms with van der Waals surface area (Å²) in [7, 11) is 0. The summed E-state index contributed by atoms with van der Waals surface area (Å²) >= 11 is 6.39. The predicted octanol–water partition coefficient (Wildman–Crippen LogP) is 4.41. The van der Waals surface area contributed by atoms with E-state index in [-0.39, 0.29) is 5.41 Å². The number of rotatable bonds is 4. The molecule has 1 heterocycles. The summed E-state index contributed by atoms with van der Waals surface area (Å²) in [6, 6.07) is 3.65. The molecule has 6 rings (SSSR count). The van der Waals surface area contributed by atoms with Gasteiger partial charge in [-0.1, -0.05) is 16.8 Å². The summed E-state index contributed by atoms with van der Waals surface area (Å²) in [6.07, 6.45) is 7.75. The minimum atomic E-state index is -1.04. The van der Waals surface area contributed by atoms with E-state index in [9.17, 15) is 4.79 Å². The van der Waals surface area contributed by atoms with Gasteiger partial charge in [0.25, 0.3) is 0 Å². The van der Waals surface area contributed by atoms with Crippen LogP contribution < -0.4 is 4.74 Å². The van der Waals surface area contributed by atoms with Gasteiger partial charge in [-0.25, -0.2) is 4.79 Å². The maximum absolute atomic E-state index is 10.7.